The fourth-order valence-electron chi connectivity index (χ4n) is 3.58. The zero-order valence-electron chi connectivity index (χ0n) is 16.4. The van der Waals surface area contributed by atoms with Crippen LogP contribution in [-0.2, 0) is 11.3 Å². The Labute approximate surface area is 170 Å². The molecule has 1 saturated heterocycles. The van der Waals surface area contributed by atoms with E-state index in [1.807, 2.05) is 39.0 Å². The first-order valence-corrected chi connectivity index (χ1v) is 9.80. The second-order valence-electron chi connectivity index (χ2n) is 8.20. The Balaban J connectivity index is 1.79. The highest BCUT2D eigenvalue weighted by molar-refractivity contribution is 6.30. The van der Waals surface area contributed by atoms with Crippen LogP contribution in [0.1, 0.15) is 37.8 Å². The summed E-state index contributed by atoms with van der Waals surface area (Å²) in [5.41, 5.74) is 1.14. The van der Waals surface area contributed by atoms with Gasteiger partial charge in [0, 0.05) is 30.6 Å². The fraction of sp³-hybridized carbons (Fsp3) is 0.409. The lowest BCUT2D eigenvalue weighted by atomic mass is 9.94. The van der Waals surface area contributed by atoms with Crippen molar-refractivity contribution >= 4 is 17.7 Å². The molecule has 1 heterocycles. The van der Waals surface area contributed by atoms with Crippen molar-refractivity contribution in [1.29, 1.82) is 0 Å². The van der Waals surface area contributed by atoms with Gasteiger partial charge in [-0.15, -0.1) is 0 Å². The molecule has 3 rings (SSSR count). The fourth-order valence-corrected chi connectivity index (χ4v) is 3.74. The predicted octanol–water partition coefficient (Wildman–Crippen LogP) is 4.97. The average Bonchev–Trinajstić information content (AvgIpc) is 2.96. The maximum absolute atomic E-state index is 14.6. The number of hydrogen-bond donors (Lipinski definition) is 1. The third kappa shape index (κ3) is 5.46. The summed E-state index contributed by atoms with van der Waals surface area (Å²) in [7, 11) is 0. The molecule has 2 aromatic rings. The minimum atomic E-state index is -0.590. The molecular formula is C22H26ClFN2O2. The Hall–Kier alpha value is -2.11. The number of nitrogens with one attached hydrogen (secondary N) is 1. The van der Waals surface area contributed by atoms with E-state index in [-0.39, 0.29) is 17.8 Å². The van der Waals surface area contributed by atoms with Gasteiger partial charge in [0.2, 0.25) is 0 Å². The van der Waals surface area contributed by atoms with Gasteiger partial charge in [-0.25, -0.2) is 9.18 Å². The van der Waals surface area contributed by atoms with Crippen LogP contribution in [0.15, 0.2) is 48.5 Å². The number of nitrogens with zero attached hydrogens (tertiary/aromatic N) is 1. The first-order valence-electron chi connectivity index (χ1n) is 9.42. The number of ether oxygens (including phenoxy) is 1. The molecule has 1 amide bonds. The Kier molecular flexibility index (Phi) is 6.26. The van der Waals surface area contributed by atoms with Gasteiger partial charge in [-0.1, -0.05) is 48.0 Å². The van der Waals surface area contributed by atoms with E-state index in [9.17, 15) is 9.18 Å². The number of rotatable bonds is 4. The van der Waals surface area contributed by atoms with Gasteiger partial charge in [0.05, 0.1) is 6.04 Å². The Bertz CT molecular complexity index is 823. The van der Waals surface area contributed by atoms with E-state index < -0.39 is 11.7 Å². The van der Waals surface area contributed by atoms with Crippen LogP contribution < -0.4 is 5.32 Å². The van der Waals surface area contributed by atoms with Crippen LogP contribution in [-0.4, -0.2) is 35.7 Å². The zero-order valence-corrected chi connectivity index (χ0v) is 17.2. The first-order chi connectivity index (χ1) is 13.2. The van der Waals surface area contributed by atoms with Crippen molar-refractivity contribution in [2.24, 2.45) is 0 Å². The summed E-state index contributed by atoms with van der Waals surface area (Å²) in [6.07, 6.45) is -0.488. The van der Waals surface area contributed by atoms with Crippen molar-refractivity contribution in [3.05, 3.63) is 70.5 Å². The Morgan fingerprint density at radius 1 is 1.21 bits per heavy atom. The number of likely N-dealkylation sites (tertiary alicyclic amines) is 1. The third-order valence-corrected chi connectivity index (χ3v) is 4.94. The SMILES string of the molecule is CC(C)(C)OC(=O)N[C@H]1CN(Cc2ccccc2)C[C@@H]1c1ccc(Cl)cc1F. The molecule has 28 heavy (non-hydrogen) atoms. The molecule has 0 bridgehead atoms. The molecular weight excluding hydrogens is 379 g/mol. The van der Waals surface area contributed by atoms with Gasteiger partial charge >= 0.3 is 6.09 Å². The number of carbonyl (C=O) groups is 1. The maximum atomic E-state index is 14.6. The summed E-state index contributed by atoms with van der Waals surface area (Å²) in [4.78, 5) is 14.5. The number of carbonyl (C=O) groups excluding carboxylic acids is 1. The van der Waals surface area contributed by atoms with Crippen molar-refractivity contribution in [3.63, 3.8) is 0 Å². The first kappa shape index (κ1) is 20.6. The number of benzene rings is 2. The third-order valence-electron chi connectivity index (χ3n) is 4.71. The van der Waals surface area contributed by atoms with Crippen molar-refractivity contribution in [3.8, 4) is 0 Å². The van der Waals surface area contributed by atoms with Gasteiger partial charge in [0.15, 0.2) is 0 Å². The van der Waals surface area contributed by atoms with E-state index in [4.69, 9.17) is 16.3 Å². The minimum absolute atomic E-state index is 0.187. The van der Waals surface area contributed by atoms with E-state index in [0.29, 0.717) is 23.7 Å². The number of hydrogen-bond acceptors (Lipinski definition) is 3. The lowest BCUT2D eigenvalue weighted by Crippen LogP contribution is -2.42. The van der Waals surface area contributed by atoms with Crippen molar-refractivity contribution < 1.29 is 13.9 Å². The van der Waals surface area contributed by atoms with Crippen LogP contribution in [0.5, 0.6) is 0 Å². The molecule has 150 valence electrons. The highest BCUT2D eigenvalue weighted by Crippen LogP contribution is 2.32. The molecule has 1 N–H and O–H groups in total. The summed E-state index contributed by atoms with van der Waals surface area (Å²) in [6, 6.07) is 14.6. The van der Waals surface area contributed by atoms with Crippen molar-refractivity contribution in [2.75, 3.05) is 13.1 Å². The Morgan fingerprint density at radius 3 is 2.57 bits per heavy atom. The molecule has 0 aliphatic carbocycles. The molecule has 0 unspecified atom stereocenters. The summed E-state index contributed by atoms with van der Waals surface area (Å²) in [5, 5.41) is 3.30. The maximum Gasteiger partial charge on any atom is 0.407 e. The molecule has 1 fully saturated rings. The van der Waals surface area contributed by atoms with Crippen LogP contribution >= 0.6 is 11.6 Å². The molecule has 6 heteroatoms. The highest BCUT2D eigenvalue weighted by Gasteiger charge is 2.37. The van der Waals surface area contributed by atoms with Crippen LogP contribution in [0, 0.1) is 5.82 Å². The van der Waals surface area contributed by atoms with Crippen LogP contribution in [0.4, 0.5) is 9.18 Å². The van der Waals surface area contributed by atoms with E-state index in [2.05, 4.69) is 22.3 Å². The highest BCUT2D eigenvalue weighted by atomic mass is 35.5. The standard InChI is InChI=1S/C22H26ClFN2O2/c1-22(2,3)28-21(27)25-20-14-26(12-15-7-5-4-6-8-15)13-18(20)17-10-9-16(23)11-19(17)24/h4-11,18,20H,12-14H2,1-3H3,(H,25,27)/t18-,20+/m1/s1. The number of alkyl carbamates (subject to hydrolysis) is 1. The number of amides is 1. The second-order valence-corrected chi connectivity index (χ2v) is 8.64. The summed E-state index contributed by atoms with van der Waals surface area (Å²) in [6.45, 7) is 7.44. The topological polar surface area (TPSA) is 41.6 Å². The van der Waals surface area contributed by atoms with E-state index in [0.717, 1.165) is 6.54 Å². The monoisotopic (exact) mass is 404 g/mol. The van der Waals surface area contributed by atoms with Crippen molar-refractivity contribution in [1.82, 2.24) is 10.2 Å². The van der Waals surface area contributed by atoms with Gasteiger partial charge in [0.1, 0.15) is 11.4 Å². The van der Waals surface area contributed by atoms with Gasteiger partial charge < -0.3 is 10.1 Å². The molecule has 0 aromatic heterocycles. The second kappa shape index (κ2) is 8.50. The zero-order chi connectivity index (χ0) is 20.3. The molecule has 0 spiro atoms. The average molecular weight is 405 g/mol. The van der Waals surface area contributed by atoms with E-state index in [1.54, 1.807) is 12.1 Å². The summed E-state index contributed by atoms with van der Waals surface area (Å²) >= 11 is 5.91. The molecule has 1 aliphatic rings. The number of halogens is 2. The summed E-state index contributed by atoms with van der Waals surface area (Å²) < 4.78 is 20.0. The normalized spacial score (nSPS) is 20.2. The van der Waals surface area contributed by atoms with Gasteiger partial charge in [-0.2, -0.15) is 0 Å². The smallest absolute Gasteiger partial charge is 0.407 e. The summed E-state index contributed by atoms with van der Waals surface area (Å²) in [5.74, 6) is -0.538. The van der Waals surface area contributed by atoms with Crippen LogP contribution in [0.2, 0.25) is 5.02 Å². The van der Waals surface area contributed by atoms with Crippen LogP contribution in [0.25, 0.3) is 0 Å². The van der Waals surface area contributed by atoms with Gasteiger partial charge in [0.25, 0.3) is 0 Å². The van der Waals surface area contributed by atoms with E-state index >= 15 is 0 Å². The molecule has 2 aromatic carbocycles. The van der Waals surface area contributed by atoms with E-state index in [1.165, 1.54) is 11.6 Å². The molecule has 0 saturated carbocycles. The predicted molar refractivity (Wildman–Crippen MR) is 109 cm³/mol. The minimum Gasteiger partial charge on any atom is -0.444 e. The Morgan fingerprint density at radius 2 is 1.93 bits per heavy atom. The largest absolute Gasteiger partial charge is 0.444 e. The molecule has 0 radical (unpaired) electrons. The van der Waals surface area contributed by atoms with Crippen LogP contribution in [0.3, 0.4) is 0 Å². The van der Waals surface area contributed by atoms with Crippen molar-refractivity contribution in [2.45, 2.75) is 44.9 Å². The lowest BCUT2D eigenvalue weighted by Gasteiger charge is -2.24. The lowest BCUT2D eigenvalue weighted by molar-refractivity contribution is 0.0502. The molecule has 2 atom stereocenters. The molecule has 4 nitrogen and oxygen atoms in total. The van der Waals surface area contributed by atoms with Gasteiger partial charge in [-0.05, 0) is 44.0 Å². The van der Waals surface area contributed by atoms with Gasteiger partial charge in [-0.3, -0.25) is 4.90 Å². The quantitative estimate of drug-likeness (QED) is 0.782. The molecule has 1 aliphatic heterocycles.